The molecule has 2 aromatic rings. The van der Waals surface area contributed by atoms with Crippen LogP contribution in [-0.2, 0) is 13.6 Å². The highest BCUT2D eigenvalue weighted by Crippen LogP contribution is 2.12. The van der Waals surface area contributed by atoms with E-state index in [0.717, 1.165) is 17.5 Å². The summed E-state index contributed by atoms with van der Waals surface area (Å²) in [5.41, 5.74) is 7.80. The number of nitrogens with two attached hydrogens (primary N) is 1. The van der Waals surface area contributed by atoms with E-state index in [1.807, 2.05) is 30.7 Å². The Labute approximate surface area is 111 Å². The molecule has 2 rings (SSSR count). The van der Waals surface area contributed by atoms with Gasteiger partial charge in [0.05, 0.1) is 12.1 Å². The second kappa shape index (κ2) is 5.14. The van der Waals surface area contributed by atoms with Crippen molar-refractivity contribution >= 4 is 11.6 Å². The van der Waals surface area contributed by atoms with E-state index in [-0.39, 0.29) is 5.56 Å². The number of amides is 1. The number of aromatic nitrogens is 1. The number of hydrogen-bond acceptors (Lipinski definition) is 2. The molecule has 5 heteroatoms. The Kier molecular flexibility index (Phi) is 3.55. The fraction of sp³-hybridized carbons (Fsp3) is 0.214. The minimum absolute atomic E-state index is 0.000121. The van der Waals surface area contributed by atoms with Gasteiger partial charge in [-0.1, -0.05) is 0 Å². The van der Waals surface area contributed by atoms with Crippen LogP contribution in [0.4, 0.5) is 10.1 Å². The summed E-state index contributed by atoms with van der Waals surface area (Å²) in [5, 5.41) is 2.69. The summed E-state index contributed by atoms with van der Waals surface area (Å²) < 4.78 is 15.5. The van der Waals surface area contributed by atoms with Crippen molar-refractivity contribution in [2.24, 2.45) is 7.05 Å². The number of carbonyl (C=O) groups is 1. The van der Waals surface area contributed by atoms with Crippen molar-refractivity contribution in [2.45, 2.75) is 13.5 Å². The van der Waals surface area contributed by atoms with Gasteiger partial charge < -0.3 is 15.6 Å². The van der Waals surface area contributed by atoms with E-state index in [0.29, 0.717) is 12.2 Å². The van der Waals surface area contributed by atoms with Gasteiger partial charge in [0.25, 0.3) is 5.91 Å². The number of carbonyl (C=O) groups excluding carboxylic acids is 1. The summed E-state index contributed by atoms with van der Waals surface area (Å²) in [7, 11) is 1.92. The van der Waals surface area contributed by atoms with Crippen LogP contribution < -0.4 is 11.1 Å². The van der Waals surface area contributed by atoms with Crippen LogP contribution >= 0.6 is 0 Å². The SMILES string of the molecule is Cc1ccc(CNC(=O)c2ccc(N)cc2F)n1C. The van der Waals surface area contributed by atoms with Crippen molar-refractivity contribution < 1.29 is 9.18 Å². The maximum absolute atomic E-state index is 13.6. The lowest BCUT2D eigenvalue weighted by Crippen LogP contribution is -2.25. The van der Waals surface area contributed by atoms with E-state index in [9.17, 15) is 9.18 Å². The molecule has 0 aliphatic heterocycles. The molecule has 0 saturated carbocycles. The molecule has 0 bridgehead atoms. The summed E-state index contributed by atoms with van der Waals surface area (Å²) >= 11 is 0. The molecule has 0 spiro atoms. The quantitative estimate of drug-likeness (QED) is 0.830. The molecule has 3 N–H and O–H groups in total. The first-order valence-corrected chi connectivity index (χ1v) is 5.93. The zero-order valence-electron chi connectivity index (χ0n) is 10.9. The van der Waals surface area contributed by atoms with Gasteiger partial charge in [0.1, 0.15) is 5.82 Å². The molecule has 100 valence electrons. The van der Waals surface area contributed by atoms with Gasteiger partial charge in [0, 0.05) is 24.1 Å². The van der Waals surface area contributed by atoms with E-state index in [1.165, 1.54) is 12.1 Å². The summed E-state index contributed by atoms with van der Waals surface area (Å²) in [5.74, 6) is -1.06. The maximum atomic E-state index is 13.6. The number of halogens is 1. The van der Waals surface area contributed by atoms with Crippen molar-refractivity contribution in [1.29, 1.82) is 0 Å². The van der Waals surface area contributed by atoms with Gasteiger partial charge in [0.2, 0.25) is 0 Å². The minimum Gasteiger partial charge on any atom is -0.399 e. The van der Waals surface area contributed by atoms with Gasteiger partial charge in [-0.2, -0.15) is 0 Å². The molecular weight excluding hydrogens is 245 g/mol. The van der Waals surface area contributed by atoms with Crippen LogP contribution in [0.15, 0.2) is 30.3 Å². The number of rotatable bonds is 3. The molecular formula is C14H16FN3O. The zero-order chi connectivity index (χ0) is 14.0. The lowest BCUT2D eigenvalue weighted by Gasteiger charge is -2.08. The van der Waals surface area contributed by atoms with Crippen LogP contribution in [0.25, 0.3) is 0 Å². The molecule has 0 radical (unpaired) electrons. The fourth-order valence-corrected chi connectivity index (χ4v) is 1.83. The summed E-state index contributed by atoms with van der Waals surface area (Å²) in [4.78, 5) is 11.9. The molecule has 0 aliphatic carbocycles. The van der Waals surface area contributed by atoms with E-state index in [2.05, 4.69) is 5.32 Å². The molecule has 0 unspecified atom stereocenters. The normalized spacial score (nSPS) is 10.5. The predicted molar refractivity (Wildman–Crippen MR) is 72.1 cm³/mol. The highest BCUT2D eigenvalue weighted by Gasteiger charge is 2.12. The highest BCUT2D eigenvalue weighted by molar-refractivity contribution is 5.94. The van der Waals surface area contributed by atoms with E-state index in [4.69, 9.17) is 5.73 Å². The van der Waals surface area contributed by atoms with E-state index >= 15 is 0 Å². The van der Waals surface area contributed by atoms with E-state index < -0.39 is 11.7 Å². The molecule has 0 fully saturated rings. The molecule has 0 atom stereocenters. The van der Waals surface area contributed by atoms with Gasteiger partial charge in [-0.25, -0.2) is 4.39 Å². The first-order valence-electron chi connectivity index (χ1n) is 5.93. The van der Waals surface area contributed by atoms with Crippen LogP contribution in [0, 0.1) is 12.7 Å². The van der Waals surface area contributed by atoms with Crippen molar-refractivity contribution in [3.05, 3.63) is 53.1 Å². The summed E-state index contributed by atoms with van der Waals surface area (Å²) in [6.07, 6.45) is 0. The molecule has 1 aromatic heterocycles. The van der Waals surface area contributed by atoms with Crippen molar-refractivity contribution in [3.8, 4) is 0 Å². The Balaban J connectivity index is 2.07. The van der Waals surface area contributed by atoms with Gasteiger partial charge in [-0.05, 0) is 37.3 Å². The van der Waals surface area contributed by atoms with Crippen LogP contribution in [0.3, 0.4) is 0 Å². The van der Waals surface area contributed by atoms with Crippen LogP contribution in [-0.4, -0.2) is 10.5 Å². The van der Waals surface area contributed by atoms with Gasteiger partial charge in [0.15, 0.2) is 0 Å². The molecule has 0 aliphatic rings. The second-order valence-electron chi connectivity index (χ2n) is 4.45. The third kappa shape index (κ3) is 2.76. The average Bonchev–Trinajstić information content (AvgIpc) is 2.67. The molecule has 19 heavy (non-hydrogen) atoms. The lowest BCUT2D eigenvalue weighted by molar-refractivity contribution is 0.0946. The Morgan fingerprint density at radius 1 is 1.37 bits per heavy atom. The number of aryl methyl sites for hydroxylation is 1. The largest absolute Gasteiger partial charge is 0.399 e. The third-order valence-electron chi connectivity index (χ3n) is 3.14. The zero-order valence-corrected chi connectivity index (χ0v) is 10.9. The standard InChI is InChI=1S/C14H16FN3O/c1-9-3-5-11(18(9)2)8-17-14(19)12-6-4-10(16)7-13(12)15/h3-7H,8,16H2,1-2H3,(H,17,19). The van der Waals surface area contributed by atoms with Gasteiger partial charge in [-0.15, -0.1) is 0 Å². The Morgan fingerprint density at radius 2 is 2.11 bits per heavy atom. The number of nitrogens with one attached hydrogen (secondary N) is 1. The minimum atomic E-state index is -0.611. The first-order chi connectivity index (χ1) is 8.99. The molecule has 1 aromatic carbocycles. The Bertz CT molecular complexity index is 619. The van der Waals surface area contributed by atoms with Crippen molar-refractivity contribution in [2.75, 3.05) is 5.73 Å². The highest BCUT2D eigenvalue weighted by atomic mass is 19.1. The third-order valence-corrected chi connectivity index (χ3v) is 3.14. The average molecular weight is 261 g/mol. The van der Waals surface area contributed by atoms with Gasteiger partial charge in [-0.3, -0.25) is 4.79 Å². The molecule has 1 heterocycles. The van der Waals surface area contributed by atoms with Crippen molar-refractivity contribution in [1.82, 2.24) is 9.88 Å². The molecule has 4 nitrogen and oxygen atoms in total. The Hall–Kier alpha value is -2.30. The number of anilines is 1. The lowest BCUT2D eigenvalue weighted by atomic mass is 10.2. The maximum Gasteiger partial charge on any atom is 0.254 e. The number of nitrogen functional groups attached to an aromatic ring is 1. The predicted octanol–water partition coefficient (Wildman–Crippen LogP) is 1.98. The number of benzene rings is 1. The first kappa shape index (κ1) is 13.1. The van der Waals surface area contributed by atoms with Crippen molar-refractivity contribution in [3.63, 3.8) is 0 Å². The molecule has 0 saturated heterocycles. The monoisotopic (exact) mass is 261 g/mol. The smallest absolute Gasteiger partial charge is 0.254 e. The fourth-order valence-electron chi connectivity index (χ4n) is 1.83. The number of hydrogen-bond donors (Lipinski definition) is 2. The summed E-state index contributed by atoms with van der Waals surface area (Å²) in [6.45, 7) is 2.33. The van der Waals surface area contributed by atoms with Crippen LogP contribution in [0.5, 0.6) is 0 Å². The van der Waals surface area contributed by atoms with Gasteiger partial charge >= 0.3 is 0 Å². The van der Waals surface area contributed by atoms with E-state index in [1.54, 1.807) is 0 Å². The second-order valence-corrected chi connectivity index (χ2v) is 4.45. The summed E-state index contributed by atoms with van der Waals surface area (Å²) in [6, 6.07) is 7.92. The molecule has 1 amide bonds. The van der Waals surface area contributed by atoms with Crippen LogP contribution in [0.2, 0.25) is 0 Å². The Morgan fingerprint density at radius 3 is 2.68 bits per heavy atom. The topological polar surface area (TPSA) is 60.1 Å². The number of nitrogens with zero attached hydrogens (tertiary/aromatic N) is 1. The van der Waals surface area contributed by atoms with Crippen LogP contribution in [0.1, 0.15) is 21.7 Å².